The number of carbonyl (C=O) groups excluding carboxylic acids is 1. The minimum atomic E-state index is -0.623. The molecule has 0 aliphatic heterocycles. The van der Waals surface area contributed by atoms with Crippen LogP contribution in [0.5, 0.6) is 0 Å². The third kappa shape index (κ3) is 4.24. The van der Waals surface area contributed by atoms with E-state index in [-0.39, 0.29) is 5.78 Å². The molecule has 2 rings (SSSR count). The van der Waals surface area contributed by atoms with Crippen molar-refractivity contribution in [2.45, 2.75) is 31.4 Å². The Labute approximate surface area is 142 Å². The number of benzene rings is 2. The lowest BCUT2D eigenvalue weighted by atomic mass is 9.96. The molecule has 23 heavy (non-hydrogen) atoms. The predicted octanol–water partition coefficient (Wildman–Crippen LogP) is 5.19. The molecule has 0 aliphatic rings. The number of nitrogens with zero attached hydrogens (tertiary/aromatic N) is 1. The van der Waals surface area contributed by atoms with Crippen molar-refractivity contribution in [1.82, 2.24) is 0 Å². The number of hydrogen-bond donors (Lipinski definition) is 0. The number of thioether (sulfide) groups is 1. The molecule has 0 amide bonds. The van der Waals surface area contributed by atoms with Gasteiger partial charge in [-0.2, -0.15) is 5.26 Å². The summed E-state index contributed by atoms with van der Waals surface area (Å²) in [6.45, 7) is 4.07. The van der Waals surface area contributed by atoms with E-state index in [0.29, 0.717) is 11.1 Å². The second-order valence-electron chi connectivity index (χ2n) is 5.62. The zero-order valence-corrected chi connectivity index (χ0v) is 14.4. The zero-order chi connectivity index (χ0) is 16.7. The lowest BCUT2D eigenvalue weighted by Gasteiger charge is -2.22. The Bertz CT molecular complexity index is 705. The SMILES string of the molecule is CCCCSC(C)(C#N)c1cccc(C(=O)c2ccccc2)c1. The zero-order valence-electron chi connectivity index (χ0n) is 13.6. The van der Waals surface area contributed by atoms with Gasteiger partial charge in [0.2, 0.25) is 0 Å². The van der Waals surface area contributed by atoms with Crippen LogP contribution in [0.4, 0.5) is 0 Å². The highest BCUT2D eigenvalue weighted by atomic mass is 32.2. The van der Waals surface area contributed by atoms with Crippen LogP contribution in [0.2, 0.25) is 0 Å². The highest BCUT2D eigenvalue weighted by Gasteiger charge is 2.27. The number of hydrogen-bond acceptors (Lipinski definition) is 3. The van der Waals surface area contributed by atoms with E-state index in [0.717, 1.165) is 24.2 Å². The molecule has 3 heteroatoms. The maximum atomic E-state index is 12.6. The van der Waals surface area contributed by atoms with Crippen molar-refractivity contribution >= 4 is 17.5 Å². The van der Waals surface area contributed by atoms with Crippen LogP contribution in [-0.4, -0.2) is 11.5 Å². The molecule has 0 N–H and O–H groups in total. The van der Waals surface area contributed by atoms with Gasteiger partial charge in [0.05, 0.1) is 6.07 Å². The maximum absolute atomic E-state index is 12.6. The van der Waals surface area contributed by atoms with E-state index in [4.69, 9.17) is 0 Å². The Kier molecular flexibility index (Phi) is 6.01. The molecule has 0 saturated heterocycles. The average Bonchev–Trinajstić information content (AvgIpc) is 2.62. The summed E-state index contributed by atoms with van der Waals surface area (Å²) in [5, 5.41) is 9.63. The smallest absolute Gasteiger partial charge is 0.193 e. The van der Waals surface area contributed by atoms with Gasteiger partial charge < -0.3 is 0 Å². The van der Waals surface area contributed by atoms with E-state index in [9.17, 15) is 10.1 Å². The summed E-state index contributed by atoms with van der Waals surface area (Å²) < 4.78 is -0.623. The Morgan fingerprint density at radius 1 is 1.13 bits per heavy atom. The fourth-order valence-corrected chi connectivity index (χ4v) is 3.51. The highest BCUT2D eigenvalue weighted by molar-refractivity contribution is 8.00. The van der Waals surface area contributed by atoms with Crippen molar-refractivity contribution in [3.63, 3.8) is 0 Å². The molecule has 0 bridgehead atoms. The summed E-state index contributed by atoms with van der Waals surface area (Å²) in [5.41, 5.74) is 2.19. The summed E-state index contributed by atoms with van der Waals surface area (Å²) >= 11 is 1.65. The quantitative estimate of drug-likeness (QED) is 0.520. The van der Waals surface area contributed by atoms with Crippen molar-refractivity contribution in [2.75, 3.05) is 5.75 Å². The maximum Gasteiger partial charge on any atom is 0.193 e. The number of rotatable bonds is 7. The van der Waals surface area contributed by atoms with Gasteiger partial charge in [-0.3, -0.25) is 4.79 Å². The summed E-state index contributed by atoms with van der Waals surface area (Å²) in [6.07, 6.45) is 2.20. The van der Waals surface area contributed by atoms with Gasteiger partial charge in [-0.05, 0) is 30.7 Å². The largest absolute Gasteiger partial charge is 0.289 e. The minimum absolute atomic E-state index is 0.00806. The Balaban J connectivity index is 2.28. The van der Waals surface area contributed by atoms with Crippen LogP contribution in [0.1, 0.15) is 48.2 Å². The lowest BCUT2D eigenvalue weighted by molar-refractivity contribution is 0.103. The molecular formula is C20H21NOS. The first-order chi connectivity index (χ1) is 11.1. The van der Waals surface area contributed by atoms with Gasteiger partial charge >= 0.3 is 0 Å². The molecular weight excluding hydrogens is 302 g/mol. The fourth-order valence-electron chi connectivity index (χ4n) is 2.31. The Morgan fingerprint density at radius 2 is 1.83 bits per heavy atom. The molecule has 2 aromatic rings. The van der Waals surface area contributed by atoms with Gasteiger partial charge in [0, 0.05) is 11.1 Å². The molecule has 0 heterocycles. The van der Waals surface area contributed by atoms with Crippen LogP contribution in [0.3, 0.4) is 0 Å². The molecule has 2 nitrogen and oxygen atoms in total. The minimum Gasteiger partial charge on any atom is -0.289 e. The average molecular weight is 323 g/mol. The molecule has 0 aromatic heterocycles. The first kappa shape index (κ1) is 17.3. The third-order valence-corrected chi connectivity index (χ3v) is 5.21. The van der Waals surface area contributed by atoms with Gasteiger partial charge in [0.25, 0.3) is 0 Å². The van der Waals surface area contributed by atoms with Crippen molar-refractivity contribution in [3.8, 4) is 6.07 Å². The van der Waals surface area contributed by atoms with Gasteiger partial charge in [0.1, 0.15) is 4.75 Å². The molecule has 0 saturated carbocycles. The standard InChI is InChI=1S/C20H21NOS/c1-3-4-13-23-20(2,15-21)18-12-8-11-17(14-18)19(22)16-9-6-5-7-10-16/h5-12,14H,3-4,13H2,1-2H3. The predicted molar refractivity (Wildman–Crippen MR) is 96.6 cm³/mol. The molecule has 0 spiro atoms. The van der Waals surface area contributed by atoms with Gasteiger partial charge in [-0.1, -0.05) is 61.9 Å². The summed E-state index contributed by atoms with van der Waals surface area (Å²) in [6, 6.07) is 19.1. The van der Waals surface area contributed by atoms with Crippen molar-refractivity contribution in [1.29, 1.82) is 5.26 Å². The van der Waals surface area contributed by atoms with Crippen LogP contribution in [0, 0.1) is 11.3 Å². The Morgan fingerprint density at radius 3 is 2.48 bits per heavy atom. The molecule has 0 aliphatic carbocycles. The number of carbonyl (C=O) groups is 1. The molecule has 0 radical (unpaired) electrons. The molecule has 118 valence electrons. The van der Waals surface area contributed by atoms with Crippen LogP contribution in [0.15, 0.2) is 54.6 Å². The van der Waals surface area contributed by atoms with Crippen LogP contribution >= 0.6 is 11.8 Å². The summed E-state index contributed by atoms with van der Waals surface area (Å²) in [4.78, 5) is 12.6. The van der Waals surface area contributed by atoms with E-state index in [1.165, 1.54) is 0 Å². The molecule has 1 unspecified atom stereocenters. The Hall–Kier alpha value is -2.05. The van der Waals surface area contributed by atoms with Gasteiger partial charge in [-0.15, -0.1) is 11.8 Å². The first-order valence-electron chi connectivity index (χ1n) is 7.86. The second-order valence-corrected chi connectivity index (χ2v) is 7.14. The van der Waals surface area contributed by atoms with Gasteiger partial charge in [-0.25, -0.2) is 0 Å². The number of nitriles is 1. The molecule has 0 fully saturated rings. The van der Waals surface area contributed by atoms with Crippen LogP contribution in [0.25, 0.3) is 0 Å². The van der Waals surface area contributed by atoms with Gasteiger partial charge in [0.15, 0.2) is 5.78 Å². The van der Waals surface area contributed by atoms with Crippen LogP contribution < -0.4 is 0 Å². The highest BCUT2D eigenvalue weighted by Crippen LogP contribution is 2.36. The first-order valence-corrected chi connectivity index (χ1v) is 8.85. The van der Waals surface area contributed by atoms with E-state index in [1.807, 2.05) is 61.5 Å². The normalized spacial score (nSPS) is 13.1. The summed E-state index contributed by atoms with van der Waals surface area (Å²) in [7, 11) is 0. The van der Waals surface area contributed by atoms with E-state index in [1.54, 1.807) is 11.8 Å². The van der Waals surface area contributed by atoms with Crippen molar-refractivity contribution in [3.05, 3.63) is 71.3 Å². The van der Waals surface area contributed by atoms with Crippen LogP contribution in [-0.2, 0) is 4.75 Å². The second kappa shape index (κ2) is 7.99. The lowest BCUT2D eigenvalue weighted by Crippen LogP contribution is -2.16. The number of unbranched alkanes of at least 4 members (excludes halogenated alkanes) is 1. The summed E-state index contributed by atoms with van der Waals surface area (Å²) in [5.74, 6) is 0.934. The topological polar surface area (TPSA) is 40.9 Å². The van der Waals surface area contributed by atoms with E-state index in [2.05, 4.69) is 13.0 Å². The molecule has 1 atom stereocenters. The molecule has 2 aromatic carbocycles. The van der Waals surface area contributed by atoms with E-state index < -0.39 is 4.75 Å². The third-order valence-electron chi connectivity index (χ3n) is 3.81. The van der Waals surface area contributed by atoms with E-state index >= 15 is 0 Å². The van der Waals surface area contributed by atoms with Crippen molar-refractivity contribution < 1.29 is 4.79 Å². The monoisotopic (exact) mass is 323 g/mol. The number of ketones is 1. The fraction of sp³-hybridized carbons (Fsp3) is 0.300. The van der Waals surface area contributed by atoms with Crippen molar-refractivity contribution in [2.24, 2.45) is 0 Å².